The molecule has 1 saturated heterocycles. The molecule has 4 rings (SSSR count). The van der Waals surface area contributed by atoms with Crippen molar-refractivity contribution in [2.24, 2.45) is 0 Å². The van der Waals surface area contributed by atoms with Crippen molar-refractivity contribution in [2.75, 3.05) is 20.2 Å². The Bertz CT molecular complexity index is 963. The van der Waals surface area contributed by atoms with Gasteiger partial charge in [-0.05, 0) is 55.6 Å². The standard InChI is InChI=1S/C19H19FN4O2/c1-26-19(25)14-8-13(20)2-3-16(14)24-10-15(12-4-6-21-7-5-12)18-17(24)9-22-11-23-18/h2-3,8-12,21H,4-7H2,1H3. The fourth-order valence-electron chi connectivity index (χ4n) is 3.61. The van der Waals surface area contributed by atoms with Gasteiger partial charge in [-0.15, -0.1) is 0 Å². The van der Waals surface area contributed by atoms with Crippen molar-refractivity contribution >= 4 is 17.0 Å². The Labute approximate surface area is 150 Å². The molecule has 6 nitrogen and oxygen atoms in total. The number of esters is 1. The predicted molar refractivity (Wildman–Crippen MR) is 95.0 cm³/mol. The van der Waals surface area contributed by atoms with E-state index in [-0.39, 0.29) is 5.56 Å². The van der Waals surface area contributed by atoms with Crippen molar-refractivity contribution in [1.29, 1.82) is 0 Å². The lowest BCUT2D eigenvalue weighted by Crippen LogP contribution is -2.26. The summed E-state index contributed by atoms with van der Waals surface area (Å²) >= 11 is 0. The first-order valence-electron chi connectivity index (χ1n) is 8.59. The van der Waals surface area contributed by atoms with Crippen LogP contribution in [-0.2, 0) is 4.74 Å². The zero-order valence-corrected chi connectivity index (χ0v) is 14.4. The van der Waals surface area contributed by atoms with Gasteiger partial charge in [0, 0.05) is 6.20 Å². The number of nitrogens with one attached hydrogen (secondary N) is 1. The van der Waals surface area contributed by atoms with Gasteiger partial charge in [-0.1, -0.05) is 0 Å². The summed E-state index contributed by atoms with van der Waals surface area (Å²) in [5.74, 6) is -0.681. The molecule has 0 radical (unpaired) electrons. The van der Waals surface area contributed by atoms with E-state index in [0.717, 1.165) is 42.5 Å². The Morgan fingerprint density at radius 2 is 2.15 bits per heavy atom. The SMILES string of the molecule is COC(=O)c1cc(F)ccc1-n1cc(C2CCNCC2)c2ncncc21. The zero-order chi connectivity index (χ0) is 18.1. The van der Waals surface area contributed by atoms with E-state index in [1.165, 1.54) is 25.6 Å². The molecule has 1 aromatic carbocycles. The molecule has 0 bridgehead atoms. The van der Waals surface area contributed by atoms with Gasteiger partial charge in [0.2, 0.25) is 0 Å². The number of piperidine rings is 1. The monoisotopic (exact) mass is 354 g/mol. The molecule has 0 amide bonds. The van der Waals surface area contributed by atoms with Crippen LogP contribution in [0.4, 0.5) is 4.39 Å². The molecule has 134 valence electrons. The normalized spacial score (nSPS) is 15.3. The molecule has 0 spiro atoms. The van der Waals surface area contributed by atoms with Crippen LogP contribution in [0, 0.1) is 5.82 Å². The quantitative estimate of drug-likeness (QED) is 0.733. The van der Waals surface area contributed by atoms with Crippen LogP contribution >= 0.6 is 0 Å². The fraction of sp³-hybridized carbons (Fsp3) is 0.316. The summed E-state index contributed by atoms with van der Waals surface area (Å²) in [6, 6.07) is 4.11. The van der Waals surface area contributed by atoms with Crippen LogP contribution in [0.25, 0.3) is 16.7 Å². The van der Waals surface area contributed by atoms with E-state index in [4.69, 9.17) is 4.74 Å². The summed E-state index contributed by atoms with van der Waals surface area (Å²) in [5.41, 5.74) is 3.51. The second-order valence-corrected chi connectivity index (χ2v) is 6.39. The summed E-state index contributed by atoms with van der Waals surface area (Å²) in [6.45, 7) is 1.93. The molecule has 0 saturated carbocycles. The first-order chi connectivity index (χ1) is 12.7. The van der Waals surface area contributed by atoms with Crippen molar-refractivity contribution < 1.29 is 13.9 Å². The highest BCUT2D eigenvalue weighted by Gasteiger charge is 2.23. The number of aromatic nitrogens is 3. The van der Waals surface area contributed by atoms with Gasteiger partial charge in [0.25, 0.3) is 0 Å². The van der Waals surface area contributed by atoms with Gasteiger partial charge in [-0.25, -0.2) is 19.2 Å². The molecule has 1 fully saturated rings. The van der Waals surface area contributed by atoms with E-state index in [1.807, 2.05) is 10.8 Å². The van der Waals surface area contributed by atoms with Crippen LogP contribution in [0.1, 0.15) is 34.7 Å². The Balaban J connectivity index is 1.92. The number of rotatable bonds is 3. The number of fused-ring (bicyclic) bond motifs is 1. The summed E-state index contributed by atoms with van der Waals surface area (Å²) in [6.07, 6.45) is 7.29. The third-order valence-electron chi connectivity index (χ3n) is 4.90. The number of benzene rings is 1. The van der Waals surface area contributed by atoms with Crippen LogP contribution in [0.15, 0.2) is 36.9 Å². The Kier molecular flexibility index (Phi) is 4.38. The minimum absolute atomic E-state index is 0.171. The van der Waals surface area contributed by atoms with Gasteiger partial charge in [0.1, 0.15) is 12.1 Å². The summed E-state index contributed by atoms with van der Waals surface area (Å²) < 4.78 is 20.4. The molecule has 1 aliphatic heterocycles. The topological polar surface area (TPSA) is 69.0 Å². The van der Waals surface area contributed by atoms with Crippen LogP contribution in [-0.4, -0.2) is 40.7 Å². The first kappa shape index (κ1) is 16.7. The Morgan fingerprint density at radius 1 is 1.35 bits per heavy atom. The molecule has 2 aromatic heterocycles. The van der Waals surface area contributed by atoms with E-state index >= 15 is 0 Å². The zero-order valence-electron chi connectivity index (χ0n) is 14.4. The van der Waals surface area contributed by atoms with Crippen molar-refractivity contribution in [3.63, 3.8) is 0 Å². The second-order valence-electron chi connectivity index (χ2n) is 6.39. The Morgan fingerprint density at radius 3 is 2.92 bits per heavy atom. The maximum atomic E-state index is 13.7. The van der Waals surface area contributed by atoms with E-state index in [1.54, 1.807) is 12.3 Å². The van der Waals surface area contributed by atoms with Gasteiger partial charge < -0.3 is 14.6 Å². The summed E-state index contributed by atoms with van der Waals surface area (Å²) in [7, 11) is 1.29. The third kappa shape index (κ3) is 2.84. The van der Waals surface area contributed by atoms with E-state index in [0.29, 0.717) is 11.6 Å². The maximum Gasteiger partial charge on any atom is 0.340 e. The number of ether oxygens (including phenoxy) is 1. The van der Waals surface area contributed by atoms with Crippen LogP contribution in [0.2, 0.25) is 0 Å². The van der Waals surface area contributed by atoms with Crippen molar-refractivity contribution in [3.05, 3.63) is 53.9 Å². The van der Waals surface area contributed by atoms with Crippen molar-refractivity contribution in [2.45, 2.75) is 18.8 Å². The molecule has 7 heteroatoms. The Hall–Kier alpha value is -2.80. The van der Waals surface area contributed by atoms with E-state index in [9.17, 15) is 9.18 Å². The lowest BCUT2D eigenvalue weighted by Gasteiger charge is -2.21. The second kappa shape index (κ2) is 6.84. The molecule has 0 unspecified atom stereocenters. The van der Waals surface area contributed by atoms with Crippen molar-refractivity contribution in [3.8, 4) is 5.69 Å². The number of carbonyl (C=O) groups excluding carboxylic acids is 1. The number of nitrogens with zero attached hydrogens (tertiary/aromatic N) is 3. The minimum atomic E-state index is -0.582. The fourth-order valence-corrected chi connectivity index (χ4v) is 3.61. The van der Waals surface area contributed by atoms with Gasteiger partial charge in [-0.2, -0.15) is 0 Å². The average Bonchev–Trinajstić information content (AvgIpc) is 3.07. The van der Waals surface area contributed by atoms with Crippen LogP contribution in [0.5, 0.6) is 0 Å². The maximum absolute atomic E-state index is 13.7. The van der Waals surface area contributed by atoms with Crippen LogP contribution in [0.3, 0.4) is 0 Å². The first-order valence-corrected chi connectivity index (χ1v) is 8.59. The van der Waals surface area contributed by atoms with Gasteiger partial charge in [-0.3, -0.25) is 0 Å². The predicted octanol–water partition coefficient (Wildman–Crippen LogP) is 2.81. The molecular weight excluding hydrogens is 335 g/mol. The lowest BCUT2D eigenvalue weighted by atomic mass is 9.91. The van der Waals surface area contributed by atoms with E-state index in [2.05, 4.69) is 15.3 Å². The molecule has 1 aliphatic rings. The highest BCUT2D eigenvalue weighted by Crippen LogP contribution is 2.33. The summed E-state index contributed by atoms with van der Waals surface area (Å²) in [5, 5.41) is 3.37. The molecule has 3 heterocycles. The van der Waals surface area contributed by atoms with Gasteiger partial charge >= 0.3 is 5.97 Å². The molecule has 0 atom stereocenters. The number of halogens is 1. The number of hydrogen-bond donors (Lipinski definition) is 1. The van der Waals surface area contributed by atoms with Crippen molar-refractivity contribution in [1.82, 2.24) is 19.9 Å². The van der Waals surface area contributed by atoms with Crippen LogP contribution < -0.4 is 5.32 Å². The lowest BCUT2D eigenvalue weighted by molar-refractivity contribution is 0.0600. The van der Waals surface area contributed by atoms with Gasteiger partial charge in [0.15, 0.2) is 0 Å². The molecule has 26 heavy (non-hydrogen) atoms. The number of carbonyl (C=O) groups is 1. The van der Waals surface area contributed by atoms with E-state index < -0.39 is 11.8 Å². The molecular formula is C19H19FN4O2. The smallest absolute Gasteiger partial charge is 0.340 e. The summed E-state index contributed by atoms with van der Waals surface area (Å²) in [4.78, 5) is 20.8. The van der Waals surface area contributed by atoms with Gasteiger partial charge in [0.05, 0.1) is 35.6 Å². The highest BCUT2D eigenvalue weighted by molar-refractivity contribution is 5.95. The largest absolute Gasteiger partial charge is 0.465 e. The highest BCUT2D eigenvalue weighted by atomic mass is 19.1. The number of hydrogen-bond acceptors (Lipinski definition) is 5. The molecule has 0 aliphatic carbocycles. The minimum Gasteiger partial charge on any atom is -0.465 e. The molecule has 3 aromatic rings. The average molecular weight is 354 g/mol. The molecule has 1 N–H and O–H groups in total. The number of methoxy groups -OCH3 is 1. The third-order valence-corrected chi connectivity index (χ3v) is 4.90.